The lowest BCUT2D eigenvalue weighted by molar-refractivity contribution is -0.0675. The quantitative estimate of drug-likeness (QED) is 0.770. The minimum Gasteiger partial charge on any atom is -0.374 e. The molecule has 1 aliphatic rings. The lowest BCUT2D eigenvalue weighted by Crippen LogP contribution is -2.51. The zero-order valence-electron chi connectivity index (χ0n) is 15.5. The smallest absolute Gasteiger partial charge is 0.140 e. The fraction of sp³-hybridized carbons (Fsp3) is 0.579. The highest BCUT2D eigenvalue weighted by atomic mass is 16.5. The van der Waals surface area contributed by atoms with Gasteiger partial charge in [0.25, 0.3) is 0 Å². The fourth-order valence-electron chi connectivity index (χ4n) is 3.33. The van der Waals surface area contributed by atoms with Gasteiger partial charge in [-0.15, -0.1) is 0 Å². The number of morpholine rings is 1. The first-order valence-corrected chi connectivity index (χ1v) is 9.12. The Labute approximate surface area is 150 Å². The van der Waals surface area contributed by atoms with Crippen LogP contribution in [0.5, 0.6) is 0 Å². The Morgan fingerprint density at radius 2 is 2.12 bits per heavy atom. The standard InChI is InChI=1S/C19H29N5O/c1-4-24-19(20-15-21-24)14-22(3)16(2)18-13-23(10-11-25-18)12-17-8-6-5-7-9-17/h5-9,15-16,18H,4,10-14H2,1-3H3/t16-,18+/m0/s1. The molecule has 1 aliphatic heterocycles. The maximum absolute atomic E-state index is 6.08. The van der Waals surface area contributed by atoms with Crippen molar-refractivity contribution in [3.05, 3.63) is 48.0 Å². The Balaban J connectivity index is 1.56. The molecule has 0 spiro atoms. The lowest BCUT2D eigenvalue weighted by atomic mass is 10.1. The summed E-state index contributed by atoms with van der Waals surface area (Å²) in [4.78, 5) is 9.19. The summed E-state index contributed by atoms with van der Waals surface area (Å²) in [6.45, 7) is 9.70. The van der Waals surface area contributed by atoms with E-state index in [4.69, 9.17) is 4.74 Å². The van der Waals surface area contributed by atoms with E-state index in [0.717, 1.165) is 45.2 Å². The summed E-state index contributed by atoms with van der Waals surface area (Å²) in [5, 5.41) is 4.26. The Hall–Kier alpha value is -1.76. The van der Waals surface area contributed by atoms with Gasteiger partial charge in [0.1, 0.15) is 12.2 Å². The van der Waals surface area contributed by atoms with E-state index in [0.29, 0.717) is 6.04 Å². The predicted octanol–water partition coefficient (Wildman–Crippen LogP) is 2.02. The molecule has 6 nitrogen and oxygen atoms in total. The van der Waals surface area contributed by atoms with Crippen molar-refractivity contribution in [1.29, 1.82) is 0 Å². The molecule has 0 aliphatic carbocycles. The van der Waals surface area contributed by atoms with Crippen molar-refractivity contribution in [3.63, 3.8) is 0 Å². The molecule has 136 valence electrons. The summed E-state index contributed by atoms with van der Waals surface area (Å²) in [5.74, 6) is 1.01. The summed E-state index contributed by atoms with van der Waals surface area (Å²) >= 11 is 0. The average Bonchev–Trinajstić information content (AvgIpc) is 3.09. The number of rotatable bonds is 7. The number of benzene rings is 1. The maximum Gasteiger partial charge on any atom is 0.140 e. The molecule has 6 heteroatoms. The number of hydrogen-bond donors (Lipinski definition) is 0. The Morgan fingerprint density at radius 3 is 2.88 bits per heavy atom. The first-order valence-electron chi connectivity index (χ1n) is 9.12. The summed E-state index contributed by atoms with van der Waals surface area (Å²) in [6.07, 6.45) is 1.84. The monoisotopic (exact) mass is 343 g/mol. The summed E-state index contributed by atoms with van der Waals surface area (Å²) in [6, 6.07) is 11.0. The van der Waals surface area contributed by atoms with Crippen molar-refractivity contribution in [3.8, 4) is 0 Å². The third-order valence-corrected chi connectivity index (χ3v) is 5.05. The molecule has 3 rings (SSSR count). The molecular formula is C19H29N5O. The van der Waals surface area contributed by atoms with Crippen molar-refractivity contribution in [2.45, 2.75) is 45.6 Å². The van der Waals surface area contributed by atoms with Gasteiger partial charge in [0.15, 0.2) is 0 Å². The van der Waals surface area contributed by atoms with E-state index in [9.17, 15) is 0 Å². The zero-order chi connectivity index (χ0) is 17.6. The van der Waals surface area contributed by atoms with E-state index >= 15 is 0 Å². The van der Waals surface area contributed by atoms with Gasteiger partial charge in [-0.2, -0.15) is 5.10 Å². The molecule has 0 saturated carbocycles. The van der Waals surface area contributed by atoms with E-state index in [2.05, 4.69) is 71.1 Å². The van der Waals surface area contributed by atoms with Gasteiger partial charge in [-0.25, -0.2) is 9.67 Å². The van der Waals surface area contributed by atoms with Crippen LogP contribution in [0, 0.1) is 0 Å². The summed E-state index contributed by atoms with van der Waals surface area (Å²) in [5.41, 5.74) is 1.36. The molecule has 2 atom stereocenters. The minimum absolute atomic E-state index is 0.209. The van der Waals surface area contributed by atoms with Crippen LogP contribution in [0.4, 0.5) is 0 Å². The van der Waals surface area contributed by atoms with Gasteiger partial charge in [0.05, 0.1) is 19.3 Å². The predicted molar refractivity (Wildman–Crippen MR) is 98.1 cm³/mol. The first-order chi connectivity index (χ1) is 12.2. The molecule has 0 radical (unpaired) electrons. The number of hydrogen-bond acceptors (Lipinski definition) is 5. The summed E-state index contributed by atoms with van der Waals surface area (Å²) < 4.78 is 8.03. The van der Waals surface area contributed by atoms with Crippen molar-refractivity contribution in [2.24, 2.45) is 0 Å². The maximum atomic E-state index is 6.08. The van der Waals surface area contributed by atoms with Crippen LogP contribution >= 0.6 is 0 Å². The lowest BCUT2D eigenvalue weighted by Gasteiger charge is -2.39. The van der Waals surface area contributed by atoms with Crippen LogP contribution in [0.25, 0.3) is 0 Å². The number of aryl methyl sites for hydroxylation is 1. The van der Waals surface area contributed by atoms with Crippen LogP contribution in [0.3, 0.4) is 0 Å². The topological polar surface area (TPSA) is 46.4 Å². The van der Waals surface area contributed by atoms with Crippen molar-refractivity contribution in [1.82, 2.24) is 24.6 Å². The van der Waals surface area contributed by atoms with E-state index in [-0.39, 0.29) is 6.10 Å². The average molecular weight is 343 g/mol. The molecule has 1 saturated heterocycles. The molecule has 0 amide bonds. The number of ether oxygens (including phenoxy) is 1. The second-order valence-corrected chi connectivity index (χ2v) is 6.78. The van der Waals surface area contributed by atoms with Gasteiger partial charge >= 0.3 is 0 Å². The van der Waals surface area contributed by atoms with Crippen molar-refractivity contribution < 1.29 is 4.74 Å². The SMILES string of the molecule is CCn1ncnc1CN(C)[C@@H](C)[C@H]1CN(Cc2ccccc2)CCO1. The van der Waals surface area contributed by atoms with Gasteiger partial charge in [-0.3, -0.25) is 9.80 Å². The summed E-state index contributed by atoms with van der Waals surface area (Å²) in [7, 11) is 2.14. The van der Waals surface area contributed by atoms with Crippen LogP contribution in [-0.4, -0.2) is 63.5 Å². The van der Waals surface area contributed by atoms with Crippen LogP contribution < -0.4 is 0 Å². The first kappa shape index (κ1) is 18.0. The zero-order valence-corrected chi connectivity index (χ0v) is 15.5. The second kappa shape index (κ2) is 8.56. The largest absolute Gasteiger partial charge is 0.374 e. The molecule has 0 N–H and O–H groups in total. The molecule has 1 aromatic carbocycles. The number of likely N-dealkylation sites (N-methyl/N-ethyl adjacent to an activating group) is 1. The highest BCUT2D eigenvalue weighted by molar-refractivity contribution is 5.14. The van der Waals surface area contributed by atoms with E-state index < -0.39 is 0 Å². The minimum atomic E-state index is 0.209. The van der Waals surface area contributed by atoms with E-state index in [1.165, 1.54) is 5.56 Å². The van der Waals surface area contributed by atoms with Gasteiger partial charge in [-0.1, -0.05) is 30.3 Å². The molecule has 0 bridgehead atoms. The van der Waals surface area contributed by atoms with Crippen LogP contribution in [0.2, 0.25) is 0 Å². The molecule has 2 aromatic rings. The van der Waals surface area contributed by atoms with E-state index in [1.807, 2.05) is 4.68 Å². The second-order valence-electron chi connectivity index (χ2n) is 6.78. The molecule has 1 aromatic heterocycles. The van der Waals surface area contributed by atoms with Gasteiger partial charge in [0.2, 0.25) is 0 Å². The highest BCUT2D eigenvalue weighted by Gasteiger charge is 2.28. The molecule has 2 heterocycles. The van der Waals surface area contributed by atoms with Crippen molar-refractivity contribution in [2.75, 3.05) is 26.7 Å². The normalized spacial score (nSPS) is 20.1. The Bertz CT molecular complexity index is 644. The molecule has 25 heavy (non-hydrogen) atoms. The third-order valence-electron chi connectivity index (χ3n) is 5.05. The third kappa shape index (κ3) is 4.66. The molecule has 1 fully saturated rings. The fourth-order valence-corrected chi connectivity index (χ4v) is 3.33. The number of aromatic nitrogens is 3. The number of nitrogens with zero attached hydrogens (tertiary/aromatic N) is 5. The molecular weight excluding hydrogens is 314 g/mol. The molecule has 0 unspecified atom stereocenters. The van der Waals surface area contributed by atoms with E-state index in [1.54, 1.807) is 6.33 Å². The van der Waals surface area contributed by atoms with Crippen LogP contribution in [-0.2, 0) is 24.4 Å². The highest BCUT2D eigenvalue weighted by Crippen LogP contribution is 2.16. The van der Waals surface area contributed by atoms with Gasteiger partial charge < -0.3 is 4.74 Å². The van der Waals surface area contributed by atoms with Gasteiger partial charge in [0, 0.05) is 32.2 Å². The Kier molecular flexibility index (Phi) is 6.18. The Morgan fingerprint density at radius 1 is 1.32 bits per heavy atom. The van der Waals surface area contributed by atoms with Gasteiger partial charge in [-0.05, 0) is 26.5 Å². The van der Waals surface area contributed by atoms with Crippen LogP contribution in [0.15, 0.2) is 36.7 Å². The van der Waals surface area contributed by atoms with Crippen molar-refractivity contribution >= 4 is 0 Å². The van der Waals surface area contributed by atoms with Crippen LogP contribution in [0.1, 0.15) is 25.2 Å².